The van der Waals surface area contributed by atoms with Gasteiger partial charge in [-0.1, -0.05) is 12.1 Å². The molecule has 5 nitrogen and oxygen atoms in total. The van der Waals surface area contributed by atoms with Crippen molar-refractivity contribution in [3.05, 3.63) is 29.8 Å². The van der Waals surface area contributed by atoms with E-state index in [1.807, 2.05) is 24.3 Å². The minimum Gasteiger partial charge on any atom is -0.497 e. The van der Waals surface area contributed by atoms with E-state index < -0.39 is 0 Å². The van der Waals surface area contributed by atoms with Crippen LogP contribution >= 0.6 is 0 Å². The molecule has 20 heavy (non-hydrogen) atoms. The molecule has 5 heteroatoms. The van der Waals surface area contributed by atoms with E-state index in [4.69, 9.17) is 4.74 Å². The quantitative estimate of drug-likeness (QED) is 0.872. The fourth-order valence-electron chi connectivity index (χ4n) is 2.31. The number of rotatable bonds is 5. The van der Waals surface area contributed by atoms with Gasteiger partial charge in [-0.2, -0.15) is 0 Å². The molecule has 0 spiro atoms. The van der Waals surface area contributed by atoms with Gasteiger partial charge >= 0.3 is 0 Å². The van der Waals surface area contributed by atoms with Gasteiger partial charge in [0.25, 0.3) is 0 Å². The second kappa shape index (κ2) is 6.41. The van der Waals surface area contributed by atoms with Crippen molar-refractivity contribution in [2.24, 2.45) is 0 Å². The van der Waals surface area contributed by atoms with E-state index in [2.05, 4.69) is 5.32 Å². The third-order valence-corrected chi connectivity index (χ3v) is 3.51. The summed E-state index contributed by atoms with van der Waals surface area (Å²) in [4.78, 5) is 24.9. The largest absolute Gasteiger partial charge is 0.497 e. The summed E-state index contributed by atoms with van der Waals surface area (Å²) >= 11 is 0. The van der Waals surface area contributed by atoms with Gasteiger partial charge in [-0.25, -0.2) is 0 Å². The Morgan fingerprint density at radius 2 is 2.10 bits per heavy atom. The predicted octanol–water partition coefficient (Wildman–Crippen LogP) is 0.975. The molecular weight excluding hydrogens is 256 g/mol. The smallest absolute Gasteiger partial charge is 0.224 e. The van der Waals surface area contributed by atoms with Gasteiger partial charge < -0.3 is 15.0 Å². The maximum absolute atomic E-state index is 11.8. The number of nitrogens with one attached hydrogen (secondary N) is 1. The first-order valence-corrected chi connectivity index (χ1v) is 6.74. The van der Waals surface area contributed by atoms with Gasteiger partial charge in [0.1, 0.15) is 5.75 Å². The van der Waals surface area contributed by atoms with Crippen molar-refractivity contribution in [3.63, 3.8) is 0 Å². The minimum absolute atomic E-state index is 0.00563. The van der Waals surface area contributed by atoms with Crippen molar-refractivity contribution in [2.45, 2.75) is 25.3 Å². The molecule has 0 aliphatic carbocycles. The minimum atomic E-state index is -0.0455. The summed E-state index contributed by atoms with van der Waals surface area (Å²) in [6.07, 6.45) is 1.53. The summed E-state index contributed by atoms with van der Waals surface area (Å²) in [5.41, 5.74) is 1.10. The summed E-state index contributed by atoms with van der Waals surface area (Å²) in [5.74, 6) is 0.894. The molecule has 1 unspecified atom stereocenters. The van der Waals surface area contributed by atoms with Crippen molar-refractivity contribution in [2.75, 3.05) is 20.7 Å². The molecule has 1 fully saturated rings. The van der Waals surface area contributed by atoms with E-state index in [0.29, 0.717) is 25.8 Å². The van der Waals surface area contributed by atoms with Crippen LogP contribution < -0.4 is 10.1 Å². The Morgan fingerprint density at radius 1 is 1.40 bits per heavy atom. The van der Waals surface area contributed by atoms with Crippen molar-refractivity contribution in [1.82, 2.24) is 10.2 Å². The summed E-state index contributed by atoms with van der Waals surface area (Å²) in [7, 11) is 3.38. The summed E-state index contributed by atoms with van der Waals surface area (Å²) in [6, 6.07) is 7.64. The molecule has 0 radical (unpaired) electrons. The lowest BCUT2D eigenvalue weighted by Crippen LogP contribution is -2.36. The number of nitrogens with zero attached hydrogens (tertiary/aromatic N) is 1. The van der Waals surface area contributed by atoms with Crippen LogP contribution in [0.4, 0.5) is 0 Å². The zero-order valence-electron chi connectivity index (χ0n) is 11.9. The van der Waals surface area contributed by atoms with Crippen LogP contribution in [0, 0.1) is 0 Å². The molecule has 1 aromatic rings. The van der Waals surface area contributed by atoms with Gasteiger partial charge in [-0.3, -0.25) is 9.59 Å². The third-order valence-electron chi connectivity index (χ3n) is 3.51. The monoisotopic (exact) mass is 276 g/mol. The van der Waals surface area contributed by atoms with Crippen molar-refractivity contribution < 1.29 is 14.3 Å². The third kappa shape index (κ3) is 3.73. The number of hydrogen-bond acceptors (Lipinski definition) is 3. The number of likely N-dealkylation sites (tertiary alicyclic amines) is 1. The van der Waals surface area contributed by atoms with Crippen molar-refractivity contribution >= 4 is 11.8 Å². The number of carbonyl (C=O) groups excluding carboxylic acids is 2. The first kappa shape index (κ1) is 14.4. The summed E-state index contributed by atoms with van der Waals surface area (Å²) in [6.45, 7) is 0.604. The first-order chi connectivity index (χ1) is 9.58. The Kier molecular flexibility index (Phi) is 4.61. The van der Waals surface area contributed by atoms with E-state index in [-0.39, 0.29) is 17.9 Å². The van der Waals surface area contributed by atoms with E-state index in [0.717, 1.165) is 11.3 Å². The highest BCUT2D eigenvalue weighted by molar-refractivity contribution is 5.82. The maximum Gasteiger partial charge on any atom is 0.224 e. The molecule has 2 amide bonds. The molecule has 1 aromatic carbocycles. The molecule has 1 saturated heterocycles. The molecule has 108 valence electrons. The maximum atomic E-state index is 11.8. The zero-order chi connectivity index (χ0) is 14.5. The number of amides is 2. The lowest BCUT2D eigenvalue weighted by atomic mass is 10.1. The molecule has 1 N–H and O–H groups in total. The lowest BCUT2D eigenvalue weighted by molar-refractivity contribution is -0.126. The highest BCUT2D eigenvalue weighted by Gasteiger charge is 2.27. The standard InChI is InChI=1S/C15H20N2O3/c1-17-10-12(9-15(17)19)16-14(18)8-5-11-3-6-13(20-2)7-4-11/h3-4,6-7,12H,5,8-10H2,1-2H3,(H,16,18). The van der Waals surface area contributed by atoms with Crippen LogP contribution in [0.1, 0.15) is 18.4 Å². The average molecular weight is 276 g/mol. The Morgan fingerprint density at radius 3 is 2.65 bits per heavy atom. The zero-order valence-corrected chi connectivity index (χ0v) is 11.9. The van der Waals surface area contributed by atoms with Crippen LogP contribution in [0.2, 0.25) is 0 Å². The second-order valence-corrected chi connectivity index (χ2v) is 5.09. The molecule has 0 bridgehead atoms. The van der Waals surface area contributed by atoms with E-state index in [9.17, 15) is 9.59 Å². The van der Waals surface area contributed by atoms with E-state index in [1.54, 1.807) is 19.1 Å². The molecule has 1 heterocycles. The van der Waals surface area contributed by atoms with Crippen molar-refractivity contribution in [1.29, 1.82) is 0 Å². The fourth-order valence-corrected chi connectivity index (χ4v) is 2.31. The Balaban J connectivity index is 1.76. The van der Waals surface area contributed by atoms with Gasteiger partial charge in [0.05, 0.1) is 13.2 Å². The summed E-state index contributed by atoms with van der Waals surface area (Å²) in [5, 5.41) is 2.91. The van der Waals surface area contributed by atoms with Crippen LogP contribution in [0.15, 0.2) is 24.3 Å². The van der Waals surface area contributed by atoms with Crippen molar-refractivity contribution in [3.8, 4) is 5.75 Å². The van der Waals surface area contributed by atoms with Crippen LogP contribution in [0.5, 0.6) is 5.75 Å². The topological polar surface area (TPSA) is 58.6 Å². The van der Waals surface area contributed by atoms with E-state index >= 15 is 0 Å². The molecule has 0 aromatic heterocycles. The predicted molar refractivity (Wildman–Crippen MR) is 75.5 cm³/mol. The number of carbonyl (C=O) groups is 2. The van der Waals surface area contributed by atoms with Gasteiger partial charge in [0.15, 0.2) is 0 Å². The Bertz CT molecular complexity index is 484. The highest BCUT2D eigenvalue weighted by Crippen LogP contribution is 2.13. The number of hydrogen-bond donors (Lipinski definition) is 1. The molecule has 0 saturated carbocycles. The highest BCUT2D eigenvalue weighted by atomic mass is 16.5. The fraction of sp³-hybridized carbons (Fsp3) is 0.467. The van der Waals surface area contributed by atoms with Crippen LogP contribution in [-0.2, 0) is 16.0 Å². The molecule has 1 atom stereocenters. The van der Waals surface area contributed by atoms with Crippen LogP contribution in [-0.4, -0.2) is 43.5 Å². The summed E-state index contributed by atoms with van der Waals surface area (Å²) < 4.78 is 5.09. The lowest BCUT2D eigenvalue weighted by Gasteiger charge is -2.12. The second-order valence-electron chi connectivity index (χ2n) is 5.09. The van der Waals surface area contributed by atoms with Crippen LogP contribution in [0.25, 0.3) is 0 Å². The molecular formula is C15H20N2O3. The van der Waals surface area contributed by atoms with Gasteiger partial charge in [-0.05, 0) is 24.1 Å². The number of methoxy groups -OCH3 is 1. The molecule has 2 rings (SSSR count). The Hall–Kier alpha value is -2.04. The van der Waals surface area contributed by atoms with E-state index in [1.165, 1.54) is 0 Å². The first-order valence-electron chi connectivity index (χ1n) is 6.74. The Labute approximate surface area is 118 Å². The normalized spacial score (nSPS) is 18.2. The number of aryl methyl sites for hydroxylation is 1. The average Bonchev–Trinajstić information content (AvgIpc) is 2.75. The van der Waals surface area contributed by atoms with Crippen LogP contribution in [0.3, 0.4) is 0 Å². The number of likely N-dealkylation sites (N-methyl/N-ethyl adjacent to an activating group) is 1. The molecule has 1 aliphatic rings. The molecule has 1 aliphatic heterocycles. The number of ether oxygens (including phenoxy) is 1. The number of benzene rings is 1. The van der Waals surface area contributed by atoms with Gasteiger partial charge in [-0.15, -0.1) is 0 Å². The van der Waals surface area contributed by atoms with Gasteiger partial charge in [0, 0.05) is 26.4 Å². The SMILES string of the molecule is COc1ccc(CCC(=O)NC2CC(=O)N(C)C2)cc1. The van der Waals surface area contributed by atoms with Gasteiger partial charge in [0.2, 0.25) is 11.8 Å².